The lowest BCUT2D eigenvalue weighted by molar-refractivity contribution is -0.138. The number of aromatic amines is 1. The minimum absolute atomic E-state index is 0.0175. The van der Waals surface area contributed by atoms with E-state index < -0.39 is 46.4 Å². The summed E-state index contributed by atoms with van der Waals surface area (Å²) in [5.74, 6) is -1.47. The molecule has 0 bridgehead atoms. The van der Waals surface area contributed by atoms with Crippen molar-refractivity contribution in [1.29, 1.82) is 0 Å². The van der Waals surface area contributed by atoms with Crippen LogP contribution < -0.4 is 22.6 Å². The summed E-state index contributed by atoms with van der Waals surface area (Å²) in [6.07, 6.45) is -4.15. The fraction of sp³-hybridized carbons (Fsp3) is 0.280. The lowest BCUT2D eigenvalue weighted by Gasteiger charge is -2.12. The van der Waals surface area contributed by atoms with Gasteiger partial charge in [-0.25, -0.2) is 14.5 Å². The van der Waals surface area contributed by atoms with Crippen LogP contribution in [-0.2, 0) is 18.9 Å². The second-order valence-electron chi connectivity index (χ2n) is 8.59. The average Bonchev–Trinajstić information content (AvgIpc) is 2.84. The number of hydrogen-bond donors (Lipinski definition) is 3. The quantitative estimate of drug-likeness (QED) is 0.218. The van der Waals surface area contributed by atoms with Crippen molar-refractivity contribution < 1.29 is 30.7 Å². The van der Waals surface area contributed by atoms with E-state index >= 15 is 0 Å². The Morgan fingerprint density at radius 3 is 2.23 bits per heavy atom. The normalized spacial score (nSPS) is 11.8. The molecule has 0 amide bonds. The van der Waals surface area contributed by atoms with E-state index in [0.29, 0.717) is 11.9 Å². The number of nitrogens with zero attached hydrogens (tertiary/aromatic N) is 3. The molecule has 3 aromatic heterocycles. The van der Waals surface area contributed by atoms with Crippen LogP contribution in [0.5, 0.6) is 0 Å². The molecule has 4 aromatic rings. The Bertz CT molecular complexity index is 1630. The first-order valence-electron chi connectivity index (χ1n) is 11.7. The van der Waals surface area contributed by atoms with Crippen LogP contribution in [0.15, 0.2) is 52.3 Å². The number of H-pyrrole nitrogens is 1. The zero-order chi connectivity index (χ0) is 29.8. The fourth-order valence-electron chi connectivity index (χ4n) is 3.78. The number of alkyl halides is 6. The van der Waals surface area contributed by atoms with Crippen LogP contribution >= 0.6 is 0 Å². The molecule has 40 heavy (non-hydrogen) atoms. The predicted octanol–water partition coefficient (Wildman–Crippen LogP) is 5.36. The summed E-state index contributed by atoms with van der Waals surface area (Å²) in [7, 11) is 0. The first-order valence-corrected chi connectivity index (χ1v) is 11.7. The third-order valence-corrected chi connectivity index (χ3v) is 5.74. The maximum absolute atomic E-state index is 14.6. The molecular formula is C25H23F7N6O2. The van der Waals surface area contributed by atoms with E-state index in [1.807, 2.05) is 0 Å². The average molecular weight is 572 g/mol. The summed E-state index contributed by atoms with van der Waals surface area (Å²) in [6, 6.07) is 6.01. The lowest BCUT2D eigenvalue weighted by Crippen LogP contribution is -2.24. The smallest absolute Gasteiger partial charge is 0.397 e. The fourth-order valence-corrected chi connectivity index (χ4v) is 3.78. The third-order valence-electron chi connectivity index (χ3n) is 5.74. The van der Waals surface area contributed by atoms with Crippen LogP contribution in [0.3, 0.4) is 0 Å². The summed E-state index contributed by atoms with van der Waals surface area (Å²) in [4.78, 5) is 26.8. The molecular weight excluding hydrogens is 549 g/mol. The molecule has 0 aliphatic heterocycles. The molecule has 214 valence electrons. The monoisotopic (exact) mass is 572 g/mol. The molecule has 0 saturated heterocycles. The van der Waals surface area contributed by atoms with Crippen LogP contribution in [-0.4, -0.2) is 19.7 Å². The Hall–Kier alpha value is -4.43. The van der Waals surface area contributed by atoms with Crippen molar-refractivity contribution in [1.82, 2.24) is 19.7 Å². The standard InChI is InChI=1S/C20H19F4N3O.C5H4F3N3O/c1-2-3-4-8-27-9-7-12-10-14(16(21)11-13(12)19(27)28)17-6-5-15(18(25)26-17)20(22,23)24;6-5(7,8)3-2(9)1-10-11-4(3)12/h5-7,9-11H,2-4,8H2,1H3,(H2,25,26);1H,(H3,9,11,12). The molecule has 3 heterocycles. The topological polar surface area (TPSA) is 133 Å². The van der Waals surface area contributed by atoms with Gasteiger partial charge < -0.3 is 16.0 Å². The zero-order valence-electron chi connectivity index (χ0n) is 20.8. The van der Waals surface area contributed by atoms with Crippen molar-refractivity contribution in [3.63, 3.8) is 0 Å². The highest BCUT2D eigenvalue weighted by Gasteiger charge is 2.36. The number of rotatable bonds is 5. The van der Waals surface area contributed by atoms with Gasteiger partial charge in [0.15, 0.2) is 0 Å². The number of aryl methyl sites for hydroxylation is 1. The number of anilines is 2. The van der Waals surface area contributed by atoms with Gasteiger partial charge in [-0.05, 0) is 42.1 Å². The van der Waals surface area contributed by atoms with Gasteiger partial charge in [0.25, 0.3) is 11.1 Å². The molecule has 0 unspecified atom stereocenters. The largest absolute Gasteiger partial charge is 0.423 e. The van der Waals surface area contributed by atoms with Crippen molar-refractivity contribution in [3.05, 3.63) is 80.4 Å². The molecule has 5 N–H and O–H groups in total. The van der Waals surface area contributed by atoms with Gasteiger partial charge in [-0.1, -0.05) is 19.8 Å². The van der Waals surface area contributed by atoms with Crippen molar-refractivity contribution in [3.8, 4) is 11.3 Å². The van der Waals surface area contributed by atoms with Crippen LogP contribution in [0.25, 0.3) is 22.0 Å². The van der Waals surface area contributed by atoms with Gasteiger partial charge >= 0.3 is 12.4 Å². The molecule has 0 aliphatic rings. The number of nitrogen functional groups attached to an aromatic ring is 2. The Kier molecular flexibility index (Phi) is 8.85. The van der Waals surface area contributed by atoms with Crippen molar-refractivity contribution in [2.24, 2.45) is 0 Å². The highest BCUT2D eigenvalue weighted by molar-refractivity contribution is 5.86. The van der Waals surface area contributed by atoms with E-state index in [2.05, 4.69) is 17.0 Å². The van der Waals surface area contributed by atoms with Crippen LogP contribution in [0.4, 0.5) is 42.2 Å². The molecule has 1 aromatic carbocycles. The first-order chi connectivity index (χ1) is 18.6. The number of nitrogens with one attached hydrogen (secondary N) is 1. The van der Waals surface area contributed by atoms with Gasteiger partial charge in [-0.2, -0.15) is 31.4 Å². The van der Waals surface area contributed by atoms with Gasteiger partial charge in [0.1, 0.15) is 17.2 Å². The van der Waals surface area contributed by atoms with Gasteiger partial charge in [0.2, 0.25) is 0 Å². The van der Waals surface area contributed by atoms with Crippen molar-refractivity contribution >= 4 is 22.3 Å². The van der Waals surface area contributed by atoms with Gasteiger partial charge in [-0.15, -0.1) is 0 Å². The maximum atomic E-state index is 14.6. The van der Waals surface area contributed by atoms with E-state index in [1.165, 1.54) is 10.6 Å². The summed E-state index contributed by atoms with van der Waals surface area (Å²) in [5.41, 5.74) is 5.47. The van der Waals surface area contributed by atoms with Crippen LogP contribution in [0.1, 0.15) is 37.3 Å². The van der Waals surface area contributed by atoms with E-state index in [-0.39, 0.29) is 22.2 Å². The lowest BCUT2D eigenvalue weighted by atomic mass is 10.0. The Morgan fingerprint density at radius 1 is 0.975 bits per heavy atom. The number of hydrogen-bond acceptors (Lipinski definition) is 6. The molecule has 0 fully saturated rings. The number of halogens is 7. The minimum Gasteiger partial charge on any atom is -0.397 e. The van der Waals surface area contributed by atoms with Gasteiger partial charge in [-0.3, -0.25) is 9.59 Å². The van der Waals surface area contributed by atoms with E-state index in [1.54, 1.807) is 17.4 Å². The number of benzene rings is 1. The summed E-state index contributed by atoms with van der Waals surface area (Å²) in [6.45, 7) is 2.60. The molecule has 0 saturated carbocycles. The number of nitrogens with two attached hydrogens (primary N) is 2. The highest BCUT2D eigenvalue weighted by atomic mass is 19.4. The first kappa shape index (κ1) is 30.1. The third kappa shape index (κ3) is 6.76. The molecule has 0 aliphatic carbocycles. The molecule has 0 spiro atoms. The molecule has 8 nitrogen and oxygen atoms in total. The molecule has 4 rings (SSSR count). The summed E-state index contributed by atoms with van der Waals surface area (Å²) >= 11 is 0. The Balaban J connectivity index is 0.000000307. The summed E-state index contributed by atoms with van der Waals surface area (Å²) in [5, 5.41) is 5.43. The number of unbranched alkanes of at least 4 members (excludes halogenated alkanes) is 2. The number of aromatic nitrogens is 4. The van der Waals surface area contributed by atoms with E-state index in [0.717, 1.165) is 43.7 Å². The Labute approximate surface area is 221 Å². The number of fused-ring (bicyclic) bond motifs is 1. The van der Waals surface area contributed by atoms with E-state index in [4.69, 9.17) is 11.5 Å². The predicted molar refractivity (Wildman–Crippen MR) is 135 cm³/mol. The second-order valence-corrected chi connectivity index (χ2v) is 8.59. The van der Waals surface area contributed by atoms with Crippen molar-refractivity contribution in [2.75, 3.05) is 11.5 Å². The van der Waals surface area contributed by atoms with Crippen LogP contribution in [0.2, 0.25) is 0 Å². The summed E-state index contributed by atoms with van der Waals surface area (Å²) < 4.78 is 90.6. The Morgan fingerprint density at radius 2 is 1.68 bits per heavy atom. The molecule has 0 radical (unpaired) electrons. The SMILES string of the molecule is CCCCCn1ccc2cc(-c3ccc(C(F)(F)F)c(N)n3)c(F)cc2c1=O.Nc1cn[nH]c(=O)c1C(F)(F)F. The number of pyridine rings is 2. The van der Waals surface area contributed by atoms with Gasteiger partial charge in [0.05, 0.1) is 28.5 Å². The maximum Gasteiger partial charge on any atom is 0.423 e. The zero-order valence-corrected chi connectivity index (χ0v) is 20.8. The molecule has 0 atom stereocenters. The minimum atomic E-state index is -4.74. The second kappa shape index (κ2) is 11.8. The van der Waals surface area contributed by atoms with Gasteiger partial charge in [0, 0.05) is 18.3 Å². The molecule has 15 heteroatoms. The highest BCUT2D eigenvalue weighted by Crippen LogP contribution is 2.35. The van der Waals surface area contributed by atoms with E-state index in [9.17, 15) is 40.3 Å². The van der Waals surface area contributed by atoms with Crippen molar-refractivity contribution in [2.45, 2.75) is 45.1 Å². The van der Waals surface area contributed by atoms with Crippen LogP contribution in [0, 0.1) is 5.82 Å².